The third kappa shape index (κ3) is 5.29. The lowest BCUT2D eigenvalue weighted by molar-refractivity contribution is -0.124. The van der Waals surface area contributed by atoms with E-state index in [-0.39, 0.29) is 35.0 Å². The molecule has 3 rings (SSSR count). The van der Waals surface area contributed by atoms with E-state index < -0.39 is 5.91 Å². The van der Waals surface area contributed by atoms with Gasteiger partial charge in [0.1, 0.15) is 5.82 Å². The normalized spacial score (nSPS) is 15.3. The summed E-state index contributed by atoms with van der Waals surface area (Å²) in [5.41, 5.74) is 1.72. The Morgan fingerprint density at radius 2 is 1.79 bits per heavy atom. The number of imide groups is 1. The van der Waals surface area contributed by atoms with Crippen LogP contribution in [0.5, 0.6) is 0 Å². The van der Waals surface area contributed by atoms with E-state index in [4.69, 9.17) is 0 Å². The van der Waals surface area contributed by atoms with E-state index in [1.54, 1.807) is 6.08 Å². The van der Waals surface area contributed by atoms with Crippen LogP contribution in [0.25, 0.3) is 6.08 Å². The number of thioether (sulfide) groups is 1. The standard InChI is InChI=1S/C21H19FN2O3S/c22-17-9-6-16(7-10-17)14-18-20(26)24(21(27)28-18)13-12-23-19(25)11-8-15-4-2-1-3-5-15/h1-7,9-10,14H,8,11-13H2,(H,23,25)/b18-14-. The lowest BCUT2D eigenvalue weighted by Crippen LogP contribution is -2.37. The molecule has 0 unspecified atom stereocenters. The fraction of sp³-hybridized carbons (Fsp3) is 0.190. The molecular formula is C21H19FN2O3S. The maximum absolute atomic E-state index is 13.0. The van der Waals surface area contributed by atoms with Crippen LogP contribution < -0.4 is 5.32 Å². The third-order valence-electron chi connectivity index (χ3n) is 4.18. The molecule has 3 amide bonds. The van der Waals surface area contributed by atoms with Crippen LogP contribution in [0.3, 0.4) is 0 Å². The van der Waals surface area contributed by atoms with Crippen LogP contribution in [0, 0.1) is 5.82 Å². The summed E-state index contributed by atoms with van der Waals surface area (Å²) in [6, 6.07) is 15.3. The van der Waals surface area contributed by atoms with E-state index in [2.05, 4.69) is 5.32 Å². The highest BCUT2D eigenvalue weighted by atomic mass is 32.2. The summed E-state index contributed by atoms with van der Waals surface area (Å²) in [4.78, 5) is 37.8. The fourth-order valence-electron chi connectivity index (χ4n) is 2.70. The molecule has 1 N–H and O–H groups in total. The molecular weight excluding hydrogens is 379 g/mol. The number of amides is 3. The van der Waals surface area contributed by atoms with Crippen molar-refractivity contribution in [1.82, 2.24) is 10.2 Å². The van der Waals surface area contributed by atoms with Gasteiger partial charge in [-0.3, -0.25) is 19.3 Å². The maximum Gasteiger partial charge on any atom is 0.293 e. The van der Waals surface area contributed by atoms with Crippen molar-refractivity contribution in [3.8, 4) is 0 Å². The minimum Gasteiger partial charge on any atom is -0.354 e. The van der Waals surface area contributed by atoms with Gasteiger partial charge in [-0.25, -0.2) is 4.39 Å². The molecule has 2 aromatic rings. The van der Waals surface area contributed by atoms with Crippen molar-refractivity contribution in [3.05, 3.63) is 76.4 Å². The molecule has 0 aliphatic carbocycles. The summed E-state index contributed by atoms with van der Waals surface area (Å²) in [6.07, 6.45) is 2.54. The first kappa shape index (κ1) is 19.8. The average Bonchev–Trinajstić information content (AvgIpc) is 2.96. The number of carbonyl (C=O) groups is 3. The molecule has 1 aliphatic rings. The first-order valence-electron chi connectivity index (χ1n) is 8.84. The first-order valence-corrected chi connectivity index (χ1v) is 9.66. The predicted octanol–water partition coefficient (Wildman–Crippen LogP) is 3.61. The van der Waals surface area contributed by atoms with Gasteiger partial charge in [-0.15, -0.1) is 0 Å². The van der Waals surface area contributed by atoms with Crippen molar-refractivity contribution in [1.29, 1.82) is 0 Å². The largest absolute Gasteiger partial charge is 0.354 e. The number of halogens is 1. The van der Waals surface area contributed by atoms with Gasteiger partial charge in [-0.1, -0.05) is 42.5 Å². The molecule has 1 heterocycles. The summed E-state index contributed by atoms with van der Waals surface area (Å²) < 4.78 is 13.0. The van der Waals surface area contributed by atoms with Crippen molar-refractivity contribution in [2.75, 3.05) is 13.1 Å². The predicted molar refractivity (Wildman–Crippen MR) is 107 cm³/mol. The van der Waals surface area contributed by atoms with Crippen LogP contribution in [0.1, 0.15) is 17.5 Å². The number of nitrogens with one attached hydrogen (secondary N) is 1. The van der Waals surface area contributed by atoms with Gasteiger partial charge < -0.3 is 5.32 Å². The zero-order valence-corrected chi connectivity index (χ0v) is 15.9. The molecule has 0 saturated carbocycles. The van der Waals surface area contributed by atoms with Crippen molar-refractivity contribution in [2.45, 2.75) is 12.8 Å². The molecule has 28 heavy (non-hydrogen) atoms. The molecule has 0 atom stereocenters. The number of rotatable bonds is 7. The average molecular weight is 398 g/mol. The number of benzene rings is 2. The molecule has 0 spiro atoms. The highest BCUT2D eigenvalue weighted by Gasteiger charge is 2.34. The molecule has 0 radical (unpaired) electrons. The van der Waals surface area contributed by atoms with E-state index in [0.29, 0.717) is 18.4 Å². The SMILES string of the molecule is O=C(CCc1ccccc1)NCCN1C(=O)S/C(=C\c2ccc(F)cc2)C1=O. The zero-order valence-electron chi connectivity index (χ0n) is 15.1. The minimum atomic E-state index is -0.405. The smallest absolute Gasteiger partial charge is 0.293 e. The zero-order chi connectivity index (χ0) is 19.9. The highest BCUT2D eigenvalue weighted by molar-refractivity contribution is 8.18. The van der Waals surface area contributed by atoms with Gasteiger partial charge in [0.25, 0.3) is 11.1 Å². The number of hydrogen-bond donors (Lipinski definition) is 1. The summed E-state index contributed by atoms with van der Waals surface area (Å²) in [6.45, 7) is 0.317. The van der Waals surface area contributed by atoms with Gasteiger partial charge in [-0.2, -0.15) is 0 Å². The first-order chi connectivity index (χ1) is 13.5. The number of hydrogen-bond acceptors (Lipinski definition) is 4. The Balaban J connectivity index is 1.48. The molecule has 7 heteroatoms. The van der Waals surface area contributed by atoms with Crippen molar-refractivity contribution >= 4 is 34.9 Å². The molecule has 1 fully saturated rings. The highest BCUT2D eigenvalue weighted by Crippen LogP contribution is 2.31. The van der Waals surface area contributed by atoms with Gasteiger partial charge >= 0.3 is 0 Å². The van der Waals surface area contributed by atoms with E-state index in [1.807, 2.05) is 30.3 Å². The van der Waals surface area contributed by atoms with E-state index in [0.717, 1.165) is 22.2 Å². The summed E-state index contributed by atoms with van der Waals surface area (Å²) in [5.74, 6) is -0.899. The molecule has 1 aliphatic heterocycles. The number of nitrogens with zero attached hydrogens (tertiary/aromatic N) is 1. The van der Waals surface area contributed by atoms with Gasteiger partial charge in [0.2, 0.25) is 5.91 Å². The Morgan fingerprint density at radius 1 is 1.07 bits per heavy atom. The molecule has 0 bridgehead atoms. The van der Waals surface area contributed by atoms with Crippen LogP contribution in [0.2, 0.25) is 0 Å². The maximum atomic E-state index is 13.0. The van der Waals surface area contributed by atoms with Crippen LogP contribution in [0.4, 0.5) is 9.18 Å². The second-order valence-corrected chi connectivity index (χ2v) is 7.21. The monoisotopic (exact) mass is 398 g/mol. The van der Waals surface area contributed by atoms with Gasteiger partial charge in [0.15, 0.2) is 0 Å². The molecule has 144 valence electrons. The number of aryl methyl sites for hydroxylation is 1. The van der Waals surface area contributed by atoms with Crippen LogP contribution in [-0.4, -0.2) is 35.0 Å². The Kier molecular flexibility index (Phi) is 6.60. The Bertz CT molecular complexity index is 898. The van der Waals surface area contributed by atoms with E-state index >= 15 is 0 Å². The number of carbonyl (C=O) groups excluding carboxylic acids is 3. The minimum absolute atomic E-state index is 0.114. The molecule has 0 aromatic heterocycles. The molecule has 1 saturated heterocycles. The topological polar surface area (TPSA) is 66.5 Å². The second kappa shape index (κ2) is 9.32. The Hall–Kier alpha value is -2.93. The van der Waals surface area contributed by atoms with Crippen LogP contribution >= 0.6 is 11.8 Å². The van der Waals surface area contributed by atoms with Crippen molar-refractivity contribution in [3.63, 3.8) is 0 Å². The Labute approximate surface area is 166 Å². The molecule has 2 aromatic carbocycles. The third-order valence-corrected chi connectivity index (χ3v) is 5.09. The van der Waals surface area contributed by atoms with Crippen LogP contribution in [0.15, 0.2) is 59.5 Å². The van der Waals surface area contributed by atoms with Gasteiger partial charge in [0.05, 0.1) is 4.91 Å². The fourth-order valence-corrected chi connectivity index (χ4v) is 3.57. The van der Waals surface area contributed by atoms with Crippen molar-refractivity contribution in [2.24, 2.45) is 0 Å². The van der Waals surface area contributed by atoms with Crippen molar-refractivity contribution < 1.29 is 18.8 Å². The summed E-state index contributed by atoms with van der Waals surface area (Å²) >= 11 is 0.839. The second-order valence-electron chi connectivity index (χ2n) is 6.22. The molecule has 5 nitrogen and oxygen atoms in total. The lowest BCUT2D eigenvalue weighted by atomic mass is 10.1. The summed E-state index contributed by atoms with van der Waals surface area (Å²) in [5, 5.41) is 2.36. The van der Waals surface area contributed by atoms with Gasteiger partial charge in [0, 0.05) is 19.5 Å². The van der Waals surface area contributed by atoms with E-state index in [1.165, 1.54) is 24.3 Å². The van der Waals surface area contributed by atoms with E-state index in [9.17, 15) is 18.8 Å². The van der Waals surface area contributed by atoms with Crippen LogP contribution in [-0.2, 0) is 16.0 Å². The quantitative estimate of drug-likeness (QED) is 0.724. The lowest BCUT2D eigenvalue weighted by Gasteiger charge is -2.13. The summed E-state index contributed by atoms with van der Waals surface area (Å²) in [7, 11) is 0. The van der Waals surface area contributed by atoms with Gasteiger partial charge in [-0.05, 0) is 47.5 Å². The Morgan fingerprint density at radius 3 is 2.50 bits per heavy atom.